The molecule has 0 radical (unpaired) electrons. The lowest BCUT2D eigenvalue weighted by molar-refractivity contribution is -0.121. The van der Waals surface area contributed by atoms with E-state index in [1.807, 2.05) is 18.2 Å². The fourth-order valence-electron chi connectivity index (χ4n) is 3.43. The highest BCUT2D eigenvalue weighted by Crippen LogP contribution is 2.23. The van der Waals surface area contributed by atoms with Crippen molar-refractivity contribution < 1.29 is 9.21 Å². The van der Waals surface area contributed by atoms with Gasteiger partial charge < -0.3 is 9.73 Å². The van der Waals surface area contributed by atoms with Crippen LogP contribution >= 0.6 is 11.6 Å². The number of carbonyl (C=O) groups is 1. The van der Waals surface area contributed by atoms with Crippen LogP contribution in [-0.2, 0) is 24.4 Å². The molecule has 7 nitrogen and oxygen atoms in total. The summed E-state index contributed by atoms with van der Waals surface area (Å²) in [6.45, 7) is 1.91. The average molecular weight is 438 g/mol. The monoisotopic (exact) mass is 437 g/mol. The Morgan fingerprint density at radius 3 is 2.48 bits per heavy atom. The molecule has 31 heavy (non-hydrogen) atoms. The van der Waals surface area contributed by atoms with Crippen molar-refractivity contribution in [1.82, 2.24) is 14.5 Å². The van der Waals surface area contributed by atoms with E-state index in [9.17, 15) is 14.4 Å². The van der Waals surface area contributed by atoms with Crippen LogP contribution < -0.4 is 16.6 Å². The van der Waals surface area contributed by atoms with E-state index in [2.05, 4.69) is 5.32 Å². The summed E-state index contributed by atoms with van der Waals surface area (Å²) < 4.78 is 8.23. The van der Waals surface area contributed by atoms with Crippen molar-refractivity contribution in [2.75, 3.05) is 0 Å². The van der Waals surface area contributed by atoms with Crippen molar-refractivity contribution in [3.8, 4) is 11.3 Å². The number of rotatable bonds is 6. The molecule has 1 amide bonds. The largest absolute Gasteiger partial charge is 0.459 e. The lowest BCUT2D eigenvalue weighted by atomic mass is 10.2. The molecule has 2 heterocycles. The van der Waals surface area contributed by atoms with Crippen molar-refractivity contribution in [3.63, 3.8) is 0 Å². The van der Waals surface area contributed by atoms with E-state index in [4.69, 9.17) is 16.0 Å². The number of fused-ring (bicyclic) bond motifs is 1. The van der Waals surface area contributed by atoms with Gasteiger partial charge >= 0.3 is 5.69 Å². The molecule has 4 aromatic rings. The van der Waals surface area contributed by atoms with Crippen LogP contribution in [0.2, 0.25) is 5.02 Å². The Labute approximate surface area is 182 Å². The van der Waals surface area contributed by atoms with E-state index in [-0.39, 0.29) is 31.1 Å². The molecule has 0 atom stereocenters. The minimum absolute atomic E-state index is 0.173. The summed E-state index contributed by atoms with van der Waals surface area (Å²) in [4.78, 5) is 37.8. The van der Waals surface area contributed by atoms with Gasteiger partial charge in [-0.2, -0.15) is 0 Å². The van der Waals surface area contributed by atoms with E-state index < -0.39 is 5.69 Å². The van der Waals surface area contributed by atoms with Gasteiger partial charge in [0.25, 0.3) is 5.56 Å². The zero-order chi connectivity index (χ0) is 22.0. The Bertz CT molecular complexity index is 1370. The van der Waals surface area contributed by atoms with Gasteiger partial charge in [0.05, 0.1) is 17.4 Å². The second kappa shape index (κ2) is 8.65. The smallest absolute Gasteiger partial charge is 0.331 e. The van der Waals surface area contributed by atoms with Crippen LogP contribution in [0.3, 0.4) is 0 Å². The first-order valence-corrected chi connectivity index (χ1v) is 10.2. The third kappa shape index (κ3) is 4.18. The summed E-state index contributed by atoms with van der Waals surface area (Å²) in [6, 6.07) is 17.6. The molecule has 8 heteroatoms. The van der Waals surface area contributed by atoms with Gasteiger partial charge in [0.1, 0.15) is 18.1 Å². The number of hydrogen-bond donors (Lipinski definition) is 1. The summed E-state index contributed by atoms with van der Waals surface area (Å²) in [5, 5.41) is 3.80. The van der Waals surface area contributed by atoms with Crippen LogP contribution in [-0.4, -0.2) is 15.0 Å². The maximum Gasteiger partial charge on any atom is 0.331 e. The fraction of sp³-hybridized carbons (Fsp3) is 0.174. The summed E-state index contributed by atoms with van der Waals surface area (Å²) >= 11 is 5.91. The quantitative estimate of drug-likeness (QED) is 0.500. The van der Waals surface area contributed by atoms with Crippen LogP contribution in [0.25, 0.3) is 22.2 Å². The molecule has 0 saturated carbocycles. The first kappa shape index (κ1) is 20.7. The zero-order valence-corrected chi connectivity index (χ0v) is 17.6. The molecular formula is C23H20ClN3O4. The van der Waals surface area contributed by atoms with Crippen molar-refractivity contribution in [1.29, 1.82) is 0 Å². The van der Waals surface area contributed by atoms with Crippen molar-refractivity contribution >= 4 is 28.4 Å². The van der Waals surface area contributed by atoms with Gasteiger partial charge in [-0.1, -0.05) is 23.7 Å². The third-order valence-electron chi connectivity index (χ3n) is 5.00. The topological polar surface area (TPSA) is 86.2 Å². The van der Waals surface area contributed by atoms with Crippen LogP contribution in [0.5, 0.6) is 0 Å². The first-order valence-electron chi connectivity index (χ1n) is 9.81. The summed E-state index contributed by atoms with van der Waals surface area (Å²) in [5.74, 6) is 0.880. The fourth-order valence-corrected chi connectivity index (χ4v) is 3.56. The number of para-hydroxylation sites is 1. The first-order chi connectivity index (χ1) is 15.0. The van der Waals surface area contributed by atoms with E-state index >= 15 is 0 Å². The van der Waals surface area contributed by atoms with Crippen molar-refractivity contribution in [2.45, 2.75) is 26.6 Å². The molecule has 0 fully saturated rings. The number of nitrogens with zero attached hydrogens (tertiary/aromatic N) is 2. The van der Waals surface area contributed by atoms with Crippen LogP contribution in [0.4, 0.5) is 0 Å². The third-order valence-corrected chi connectivity index (χ3v) is 5.25. The van der Waals surface area contributed by atoms with Crippen molar-refractivity contribution in [3.05, 3.63) is 92.3 Å². The highest BCUT2D eigenvalue weighted by Gasteiger charge is 2.14. The number of hydrogen-bond acceptors (Lipinski definition) is 4. The van der Waals surface area contributed by atoms with E-state index in [1.54, 1.807) is 49.4 Å². The lowest BCUT2D eigenvalue weighted by Crippen LogP contribution is -2.42. The number of carbonyl (C=O) groups excluding carboxylic acids is 1. The summed E-state index contributed by atoms with van der Waals surface area (Å²) in [6.07, 6.45) is 0. The van der Waals surface area contributed by atoms with Crippen LogP contribution in [0.1, 0.15) is 12.7 Å². The zero-order valence-electron chi connectivity index (χ0n) is 16.8. The Kier molecular flexibility index (Phi) is 5.77. The number of halogens is 1. The maximum atomic E-state index is 12.7. The molecule has 158 valence electrons. The van der Waals surface area contributed by atoms with Gasteiger partial charge in [-0.3, -0.25) is 18.7 Å². The minimum atomic E-state index is -0.510. The second-order valence-corrected chi connectivity index (χ2v) is 7.42. The molecule has 2 aromatic carbocycles. The highest BCUT2D eigenvalue weighted by molar-refractivity contribution is 6.30. The molecule has 0 saturated heterocycles. The highest BCUT2D eigenvalue weighted by atomic mass is 35.5. The Hall–Kier alpha value is -3.58. The molecule has 0 aliphatic rings. The Morgan fingerprint density at radius 1 is 1.00 bits per heavy atom. The predicted molar refractivity (Wildman–Crippen MR) is 119 cm³/mol. The number of benzene rings is 2. The SMILES string of the molecule is CCn1c(=O)c2ccccc2n(CC(=O)NCc2ccc(-c3ccc(Cl)cc3)o2)c1=O. The summed E-state index contributed by atoms with van der Waals surface area (Å²) in [7, 11) is 0. The normalized spacial score (nSPS) is 11.0. The van der Waals surface area contributed by atoms with E-state index in [0.717, 1.165) is 10.1 Å². The molecular weight excluding hydrogens is 418 g/mol. The predicted octanol–water partition coefficient (Wildman–Crippen LogP) is 3.41. The molecule has 0 unspecified atom stereocenters. The second-order valence-electron chi connectivity index (χ2n) is 6.98. The Balaban J connectivity index is 1.51. The van der Waals surface area contributed by atoms with Crippen LogP contribution in [0.15, 0.2) is 74.7 Å². The van der Waals surface area contributed by atoms with Crippen LogP contribution in [0, 0.1) is 0 Å². The number of amides is 1. The number of aromatic nitrogens is 2. The number of furan rings is 1. The molecule has 0 aliphatic carbocycles. The summed E-state index contributed by atoms with van der Waals surface area (Å²) in [5.41, 5.74) is 0.441. The Morgan fingerprint density at radius 2 is 1.74 bits per heavy atom. The molecule has 2 aromatic heterocycles. The van der Waals surface area contributed by atoms with Crippen molar-refractivity contribution in [2.24, 2.45) is 0 Å². The van der Waals surface area contributed by atoms with E-state index in [0.29, 0.717) is 27.4 Å². The number of nitrogens with one attached hydrogen (secondary N) is 1. The standard InChI is InChI=1S/C23H20ClN3O4/c1-2-26-22(29)18-5-3-4-6-19(18)27(23(26)30)14-21(28)25-13-17-11-12-20(31-17)15-7-9-16(24)10-8-15/h3-12H,2,13-14H2,1H3,(H,25,28). The van der Waals surface area contributed by atoms with Gasteiger partial charge in [-0.05, 0) is 55.5 Å². The van der Waals surface area contributed by atoms with Gasteiger partial charge in [0.2, 0.25) is 5.91 Å². The van der Waals surface area contributed by atoms with Gasteiger partial charge in [-0.15, -0.1) is 0 Å². The molecule has 1 N–H and O–H groups in total. The average Bonchev–Trinajstić information content (AvgIpc) is 3.25. The van der Waals surface area contributed by atoms with Gasteiger partial charge in [0, 0.05) is 17.1 Å². The van der Waals surface area contributed by atoms with Gasteiger partial charge in [0.15, 0.2) is 0 Å². The minimum Gasteiger partial charge on any atom is -0.459 e. The lowest BCUT2D eigenvalue weighted by Gasteiger charge is -2.13. The molecule has 0 bridgehead atoms. The molecule has 0 spiro atoms. The van der Waals surface area contributed by atoms with E-state index in [1.165, 1.54) is 4.57 Å². The van der Waals surface area contributed by atoms with Gasteiger partial charge in [-0.25, -0.2) is 4.79 Å². The maximum absolute atomic E-state index is 12.7. The molecule has 4 rings (SSSR count). The molecule has 0 aliphatic heterocycles.